The maximum absolute atomic E-state index is 12.1. The molecule has 170 valence electrons. The summed E-state index contributed by atoms with van der Waals surface area (Å²) in [6, 6.07) is 11.6. The van der Waals surface area contributed by atoms with Gasteiger partial charge in [0.15, 0.2) is 0 Å². The lowest BCUT2D eigenvalue weighted by Crippen LogP contribution is -2.48. The Hall–Kier alpha value is -3.00. The zero-order valence-electron chi connectivity index (χ0n) is 18.4. The number of nitrogens with two attached hydrogens (primary N) is 1. The van der Waals surface area contributed by atoms with Gasteiger partial charge in [0.2, 0.25) is 0 Å². The lowest BCUT2D eigenvalue weighted by Gasteiger charge is -2.41. The van der Waals surface area contributed by atoms with Gasteiger partial charge in [-0.1, -0.05) is 13.3 Å². The molecule has 1 amide bonds. The lowest BCUT2D eigenvalue weighted by atomic mass is 9.76. The minimum absolute atomic E-state index is 0.0320. The summed E-state index contributed by atoms with van der Waals surface area (Å²) < 4.78 is 0. The van der Waals surface area contributed by atoms with E-state index in [2.05, 4.69) is 40.5 Å². The van der Waals surface area contributed by atoms with Crippen molar-refractivity contribution in [2.24, 2.45) is 5.73 Å². The van der Waals surface area contributed by atoms with Crippen LogP contribution in [0.4, 0.5) is 11.4 Å². The maximum Gasteiger partial charge on any atom is 0.253 e. The molecule has 7 nitrogen and oxygen atoms in total. The molecule has 1 aromatic heterocycles. The number of benzene rings is 1. The maximum atomic E-state index is 12.1. The zero-order valence-corrected chi connectivity index (χ0v) is 19.3. The zero-order chi connectivity index (χ0) is 23.0. The second-order valence-electron chi connectivity index (χ2n) is 8.30. The summed E-state index contributed by atoms with van der Waals surface area (Å²) in [5.41, 5.74) is 7.35. The molecule has 0 bridgehead atoms. The SMILES string of the molecule is CCCC1(N/C=C(\C(=N)Nc2ccc(S)cc2)C(N)=O)CCC(Nc2cccnc2)CC1. The smallest absolute Gasteiger partial charge is 0.253 e. The highest BCUT2D eigenvalue weighted by Crippen LogP contribution is 2.33. The van der Waals surface area contributed by atoms with Crippen molar-refractivity contribution in [2.45, 2.75) is 61.9 Å². The van der Waals surface area contributed by atoms with E-state index in [-0.39, 0.29) is 16.9 Å². The number of rotatable bonds is 9. The fourth-order valence-corrected chi connectivity index (χ4v) is 4.34. The number of anilines is 2. The molecule has 0 radical (unpaired) electrons. The van der Waals surface area contributed by atoms with Crippen molar-refractivity contribution in [3.63, 3.8) is 0 Å². The predicted octanol–water partition coefficient (Wildman–Crippen LogP) is 4.31. The molecule has 1 heterocycles. The first-order chi connectivity index (χ1) is 15.4. The van der Waals surface area contributed by atoms with Crippen molar-refractivity contribution in [2.75, 3.05) is 10.6 Å². The summed E-state index contributed by atoms with van der Waals surface area (Å²) in [6.07, 6.45) is 11.2. The van der Waals surface area contributed by atoms with Gasteiger partial charge in [0.05, 0.1) is 11.3 Å². The van der Waals surface area contributed by atoms with E-state index < -0.39 is 5.91 Å². The molecule has 2 aromatic rings. The highest BCUT2D eigenvalue weighted by Gasteiger charge is 2.34. The van der Waals surface area contributed by atoms with Gasteiger partial charge in [0.25, 0.3) is 5.91 Å². The Bertz CT molecular complexity index is 937. The van der Waals surface area contributed by atoms with E-state index in [9.17, 15) is 4.79 Å². The van der Waals surface area contributed by atoms with Crippen molar-refractivity contribution in [1.82, 2.24) is 10.3 Å². The van der Waals surface area contributed by atoms with Crippen molar-refractivity contribution < 1.29 is 4.79 Å². The minimum Gasteiger partial charge on any atom is -0.385 e. The van der Waals surface area contributed by atoms with Crippen molar-refractivity contribution in [3.8, 4) is 0 Å². The molecule has 1 fully saturated rings. The van der Waals surface area contributed by atoms with E-state index in [4.69, 9.17) is 11.1 Å². The Morgan fingerprint density at radius 3 is 2.56 bits per heavy atom. The largest absolute Gasteiger partial charge is 0.385 e. The number of hydrogen-bond acceptors (Lipinski definition) is 6. The molecular formula is C24H32N6OS. The number of carbonyl (C=O) groups excluding carboxylic acids is 1. The number of nitrogens with zero attached hydrogens (tertiary/aromatic N) is 1. The number of thiol groups is 1. The molecule has 8 heteroatoms. The van der Waals surface area contributed by atoms with Crippen LogP contribution in [0.5, 0.6) is 0 Å². The quantitative estimate of drug-likeness (QED) is 0.147. The number of primary amides is 1. The Kier molecular flexibility index (Phi) is 8.16. The summed E-state index contributed by atoms with van der Waals surface area (Å²) in [4.78, 5) is 17.1. The number of amides is 1. The molecule has 0 unspecified atom stereocenters. The monoisotopic (exact) mass is 452 g/mol. The van der Waals surface area contributed by atoms with Gasteiger partial charge >= 0.3 is 0 Å². The predicted molar refractivity (Wildman–Crippen MR) is 133 cm³/mol. The Balaban J connectivity index is 1.65. The molecule has 0 saturated heterocycles. The first-order valence-corrected chi connectivity index (χ1v) is 11.4. The average molecular weight is 453 g/mol. The highest BCUT2D eigenvalue weighted by molar-refractivity contribution is 7.80. The van der Waals surface area contributed by atoms with Crippen LogP contribution in [-0.4, -0.2) is 28.3 Å². The van der Waals surface area contributed by atoms with Crippen LogP contribution in [0.3, 0.4) is 0 Å². The molecule has 0 atom stereocenters. The number of carbonyl (C=O) groups is 1. The normalized spacial score (nSPS) is 20.9. The van der Waals surface area contributed by atoms with Crippen LogP contribution in [-0.2, 0) is 4.79 Å². The lowest BCUT2D eigenvalue weighted by molar-refractivity contribution is -0.114. The van der Waals surface area contributed by atoms with Gasteiger partial charge in [-0.3, -0.25) is 15.2 Å². The van der Waals surface area contributed by atoms with Crippen molar-refractivity contribution >= 4 is 35.7 Å². The average Bonchev–Trinajstić information content (AvgIpc) is 2.78. The number of nitrogens with one attached hydrogen (secondary N) is 4. The topological polar surface area (TPSA) is 116 Å². The summed E-state index contributed by atoms with van der Waals surface area (Å²) in [5, 5.41) is 18.3. The minimum atomic E-state index is -0.639. The fraction of sp³-hybridized carbons (Fsp3) is 0.375. The standard InChI is InChI=1S/C24H32N6OS/c1-2-11-24(12-9-18(10-13-24)29-19-4-3-14-27-15-19)28-16-21(23(26)31)22(25)30-17-5-7-20(32)8-6-17/h3-8,14-16,18,28-29,32H,2,9-13H2,1H3,(H2,25,30)(H2,26,31)/b21-16+. The Labute approximate surface area is 195 Å². The molecule has 1 saturated carbocycles. The van der Waals surface area contributed by atoms with Crippen molar-refractivity contribution in [1.29, 1.82) is 5.41 Å². The van der Waals surface area contributed by atoms with Gasteiger partial charge in [0, 0.05) is 40.8 Å². The van der Waals surface area contributed by atoms with Crippen molar-refractivity contribution in [3.05, 3.63) is 60.6 Å². The van der Waals surface area contributed by atoms with E-state index >= 15 is 0 Å². The van der Waals surface area contributed by atoms with E-state index in [0.29, 0.717) is 11.7 Å². The first kappa shape index (κ1) is 23.7. The molecular weight excluding hydrogens is 420 g/mol. The molecule has 0 spiro atoms. The molecule has 1 aliphatic rings. The highest BCUT2D eigenvalue weighted by atomic mass is 32.1. The summed E-state index contributed by atoms with van der Waals surface area (Å²) in [7, 11) is 0. The van der Waals surface area contributed by atoms with Gasteiger partial charge in [-0.25, -0.2) is 0 Å². The van der Waals surface area contributed by atoms with Gasteiger partial charge in [-0.15, -0.1) is 12.6 Å². The number of amidine groups is 1. The third kappa shape index (κ3) is 6.50. The van der Waals surface area contributed by atoms with Crippen LogP contribution in [0.1, 0.15) is 45.4 Å². The number of hydrogen-bond donors (Lipinski definition) is 6. The Morgan fingerprint density at radius 1 is 1.25 bits per heavy atom. The van der Waals surface area contributed by atoms with E-state index in [1.807, 2.05) is 30.5 Å². The van der Waals surface area contributed by atoms with E-state index in [1.165, 1.54) is 0 Å². The Morgan fingerprint density at radius 2 is 1.97 bits per heavy atom. The van der Waals surface area contributed by atoms with Crippen LogP contribution < -0.4 is 21.7 Å². The van der Waals surface area contributed by atoms with Gasteiger partial charge < -0.3 is 21.7 Å². The molecule has 0 aliphatic heterocycles. The molecule has 3 rings (SSSR count). The van der Waals surface area contributed by atoms with Crippen LogP contribution >= 0.6 is 12.6 Å². The molecule has 1 aromatic carbocycles. The van der Waals surface area contributed by atoms with E-state index in [1.54, 1.807) is 24.5 Å². The second-order valence-corrected chi connectivity index (χ2v) is 8.82. The first-order valence-electron chi connectivity index (χ1n) is 11.0. The van der Waals surface area contributed by atoms with Crippen LogP contribution in [0.25, 0.3) is 0 Å². The third-order valence-electron chi connectivity index (χ3n) is 5.90. The van der Waals surface area contributed by atoms with E-state index in [0.717, 1.165) is 49.1 Å². The fourth-order valence-electron chi connectivity index (χ4n) is 4.19. The number of pyridine rings is 1. The third-order valence-corrected chi connectivity index (χ3v) is 6.20. The summed E-state index contributed by atoms with van der Waals surface area (Å²) in [6.45, 7) is 2.16. The van der Waals surface area contributed by atoms with Crippen LogP contribution in [0.15, 0.2) is 65.5 Å². The van der Waals surface area contributed by atoms with Gasteiger partial charge in [-0.05, 0) is 68.5 Å². The van der Waals surface area contributed by atoms with Gasteiger partial charge in [-0.2, -0.15) is 0 Å². The molecule has 1 aliphatic carbocycles. The van der Waals surface area contributed by atoms with Crippen LogP contribution in [0, 0.1) is 5.41 Å². The molecule has 32 heavy (non-hydrogen) atoms. The molecule has 6 N–H and O–H groups in total. The summed E-state index contributed by atoms with van der Waals surface area (Å²) in [5.74, 6) is -0.671. The second kappa shape index (κ2) is 11.0. The van der Waals surface area contributed by atoms with Crippen LogP contribution in [0.2, 0.25) is 0 Å². The number of aromatic nitrogens is 1. The summed E-state index contributed by atoms with van der Waals surface area (Å²) >= 11 is 4.27. The van der Waals surface area contributed by atoms with Gasteiger partial charge in [0.1, 0.15) is 5.84 Å².